The average Bonchev–Trinajstić information content (AvgIpc) is 2.85. The van der Waals surface area contributed by atoms with Gasteiger partial charge in [-0.15, -0.1) is 0 Å². The van der Waals surface area contributed by atoms with Gasteiger partial charge in [0.2, 0.25) is 5.91 Å². The summed E-state index contributed by atoms with van der Waals surface area (Å²) in [7, 11) is 1.87. The van der Waals surface area contributed by atoms with Crippen LogP contribution >= 0.6 is 0 Å². The number of nitrogens with two attached hydrogens (primary N) is 1. The van der Waals surface area contributed by atoms with Crippen LogP contribution in [0.4, 0.5) is 0 Å². The summed E-state index contributed by atoms with van der Waals surface area (Å²) in [4.78, 5) is 13.8. The number of fused-ring (bicyclic) bond motifs is 1. The van der Waals surface area contributed by atoms with E-state index in [-0.39, 0.29) is 11.8 Å². The predicted molar refractivity (Wildman–Crippen MR) is 77.8 cm³/mol. The standard InChI is InChI=1S/C16H24N2O/c1-12(10-17)8-16(19)18(2)11-13-6-7-14-4-3-5-15(14)9-13/h6-7,9,12H,3-5,8,10-11,17H2,1-2H3. The van der Waals surface area contributed by atoms with Crippen LogP contribution in [0.25, 0.3) is 0 Å². The number of nitrogens with zero attached hydrogens (tertiary/aromatic N) is 1. The Hall–Kier alpha value is -1.35. The minimum absolute atomic E-state index is 0.179. The Morgan fingerprint density at radius 1 is 1.37 bits per heavy atom. The van der Waals surface area contributed by atoms with Gasteiger partial charge < -0.3 is 10.6 Å². The molecule has 2 N–H and O–H groups in total. The Balaban J connectivity index is 1.95. The number of amides is 1. The van der Waals surface area contributed by atoms with Gasteiger partial charge in [-0.1, -0.05) is 25.1 Å². The molecule has 1 atom stereocenters. The van der Waals surface area contributed by atoms with E-state index in [1.807, 2.05) is 18.9 Å². The summed E-state index contributed by atoms with van der Waals surface area (Å²) >= 11 is 0. The fourth-order valence-electron chi connectivity index (χ4n) is 2.62. The number of carbonyl (C=O) groups excluding carboxylic acids is 1. The van der Waals surface area contributed by atoms with Crippen LogP contribution < -0.4 is 5.73 Å². The zero-order chi connectivity index (χ0) is 13.8. The summed E-state index contributed by atoms with van der Waals surface area (Å²) in [6.45, 7) is 3.28. The van der Waals surface area contributed by atoms with Crippen LogP contribution in [0.5, 0.6) is 0 Å². The van der Waals surface area contributed by atoms with E-state index < -0.39 is 0 Å². The third-order valence-corrected chi connectivity index (χ3v) is 3.93. The summed E-state index contributed by atoms with van der Waals surface area (Å²) in [6.07, 6.45) is 4.20. The highest BCUT2D eigenvalue weighted by atomic mass is 16.2. The van der Waals surface area contributed by atoms with Crippen molar-refractivity contribution in [2.75, 3.05) is 13.6 Å². The maximum absolute atomic E-state index is 12.0. The van der Waals surface area contributed by atoms with E-state index in [2.05, 4.69) is 18.2 Å². The second-order valence-corrected chi connectivity index (χ2v) is 5.75. The number of benzene rings is 1. The molecule has 104 valence electrons. The first-order valence-corrected chi connectivity index (χ1v) is 7.15. The molecule has 0 spiro atoms. The van der Waals surface area contributed by atoms with Crippen LogP contribution in [0.2, 0.25) is 0 Å². The van der Waals surface area contributed by atoms with Crippen LogP contribution in [-0.4, -0.2) is 24.4 Å². The maximum atomic E-state index is 12.0. The summed E-state index contributed by atoms with van der Waals surface area (Å²) in [5.41, 5.74) is 9.74. The van der Waals surface area contributed by atoms with Crippen LogP contribution in [0.1, 0.15) is 36.5 Å². The third-order valence-electron chi connectivity index (χ3n) is 3.93. The van der Waals surface area contributed by atoms with Crippen LogP contribution in [0.3, 0.4) is 0 Å². The van der Waals surface area contributed by atoms with Gasteiger partial charge in [-0.05, 0) is 48.4 Å². The molecule has 1 unspecified atom stereocenters. The second kappa shape index (κ2) is 6.20. The predicted octanol–water partition coefficient (Wildman–Crippen LogP) is 2.12. The summed E-state index contributed by atoms with van der Waals surface area (Å²) in [6, 6.07) is 6.64. The molecule has 1 aromatic carbocycles. The van der Waals surface area contributed by atoms with E-state index in [9.17, 15) is 4.79 Å². The topological polar surface area (TPSA) is 46.3 Å². The molecule has 3 heteroatoms. The lowest BCUT2D eigenvalue weighted by atomic mass is 10.1. The van der Waals surface area contributed by atoms with Gasteiger partial charge >= 0.3 is 0 Å². The maximum Gasteiger partial charge on any atom is 0.222 e. The molecule has 0 radical (unpaired) electrons. The van der Waals surface area contributed by atoms with Crippen molar-refractivity contribution in [1.82, 2.24) is 4.90 Å². The zero-order valence-electron chi connectivity index (χ0n) is 12.0. The Morgan fingerprint density at radius 2 is 2.11 bits per heavy atom. The van der Waals surface area contributed by atoms with Crippen molar-refractivity contribution in [3.8, 4) is 0 Å². The fraction of sp³-hybridized carbons (Fsp3) is 0.562. The van der Waals surface area contributed by atoms with Crippen LogP contribution in [-0.2, 0) is 24.2 Å². The lowest BCUT2D eigenvalue weighted by Crippen LogP contribution is -2.29. The molecule has 0 heterocycles. The molecule has 0 saturated heterocycles. The molecular formula is C16H24N2O. The van der Waals surface area contributed by atoms with Gasteiger partial charge in [-0.2, -0.15) is 0 Å². The second-order valence-electron chi connectivity index (χ2n) is 5.75. The minimum atomic E-state index is 0.179. The van der Waals surface area contributed by atoms with Gasteiger partial charge in [0.15, 0.2) is 0 Å². The molecule has 3 nitrogen and oxygen atoms in total. The largest absolute Gasteiger partial charge is 0.341 e. The molecule has 19 heavy (non-hydrogen) atoms. The Labute approximate surface area is 115 Å². The number of hydrogen-bond donors (Lipinski definition) is 1. The molecule has 0 aromatic heterocycles. The molecule has 1 aromatic rings. The summed E-state index contributed by atoms with van der Waals surface area (Å²) in [5.74, 6) is 0.438. The van der Waals surface area contributed by atoms with Gasteiger partial charge in [-0.25, -0.2) is 0 Å². The van der Waals surface area contributed by atoms with Gasteiger partial charge in [0.1, 0.15) is 0 Å². The average molecular weight is 260 g/mol. The lowest BCUT2D eigenvalue weighted by Gasteiger charge is -2.19. The van der Waals surface area contributed by atoms with E-state index >= 15 is 0 Å². The number of aryl methyl sites for hydroxylation is 2. The molecule has 0 saturated carbocycles. The van der Waals surface area contributed by atoms with Crippen LogP contribution in [0, 0.1) is 5.92 Å². The number of hydrogen-bond acceptors (Lipinski definition) is 2. The molecule has 1 aliphatic rings. The summed E-state index contributed by atoms with van der Waals surface area (Å²) < 4.78 is 0. The highest BCUT2D eigenvalue weighted by Gasteiger charge is 2.15. The normalized spacial score (nSPS) is 15.1. The van der Waals surface area contributed by atoms with Gasteiger partial charge in [0.05, 0.1) is 0 Å². The van der Waals surface area contributed by atoms with Crippen molar-refractivity contribution in [3.63, 3.8) is 0 Å². The van der Waals surface area contributed by atoms with Crippen molar-refractivity contribution < 1.29 is 4.79 Å². The Kier molecular flexibility index (Phi) is 4.59. The van der Waals surface area contributed by atoms with Crippen LogP contribution in [0.15, 0.2) is 18.2 Å². The minimum Gasteiger partial charge on any atom is -0.341 e. The van der Waals surface area contributed by atoms with Gasteiger partial charge in [0.25, 0.3) is 0 Å². The molecule has 0 aliphatic heterocycles. The van der Waals surface area contributed by atoms with Crippen molar-refractivity contribution in [2.24, 2.45) is 11.7 Å². The molecular weight excluding hydrogens is 236 g/mol. The van der Waals surface area contributed by atoms with Gasteiger partial charge in [-0.3, -0.25) is 4.79 Å². The molecule has 1 aliphatic carbocycles. The van der Waals surface area contributed by atoms with Crippen molar-refractivity contribution >= 4 is 5.91 Å². The van der Waals surface area contributed by atoms with E-state index in [4.69, 9.17) is 5.73 Å². The highest BCUT2D eigenvalue weighted by molar-refractivity contribution is 5.76. The molecule has 0 bridgehead atoms. The van der Waals surface area contributed by atoms with E-state index in [0.29, 0.717) is 19.5 Å². The lowest BCUT2D eigenvalue weighted by molar-refractivity contribution is -0.131. The fourth-order valence-corrected chi connectivity index (χ4v) is 2.62. The molecule has 0 fully saturated rings. The van der Waals surface area contributed by atoms with Crippen molar-refractivity contribution in [3.05, 3.63) is 34.9 Å². The zero-order valence-corrected chi connectivity index (χ0v) is 12.0. The Bertz CT molecular complexity index is 456. The van der Waals surface area contributed by atoms with Crippen molar-refractivity contribution in [2.45, 2.75) is 39.2 Å². The quantitative estimate of drug-likeness (QED) is 0.881. The third kappa shape index (κ3) is 3.57. The van der Waals surface area contributed by atoms with E-state index in [1.54, 1.807) is 0 Å². The first kappa shape index (κ1) is 14.1. The monoisotopic (exact) mass is 260 g/mol. The molecule has 2 rings (SSSR count). The van der Waals surface area contributed by atoms with Gasteiger partial charge in [0, 0.05) is 20.0 Å². The Morgan fingerprint density at radius 3 is 2.84 bits per heavy atom. The first-order chi connectivity index (χ1) is 9.10. The SMILES string of the molecule is CC(CN)CC(=O)N(C)Cc1ccc2c(c1)CCC2. The summed E-state index contributed by atoms with van der Waals surface area (Å²) in [5, 5.41) is 0. The smallest absolute Gasteiger partial charge is 0.222 e. The molecule has 1 amide bonds. The van der Waals surface area contributed by atoms with E-state index in [1.165, 1.54) is 36.0 Å². The first-order valence-electron chi connectivity index (χ1n) is 7.15. The van der Waals surface area contributed by atoms with Crippen molar-refractivity contribution in [1.29, 1.82) is 0 Å². The number of carbonyl (C=O) groups is 1. The highest BCUT2D eigenvalue weighted by Crippen LogP contribution is 2.23. The number of rotatable bonds is 5. The van der Waals surface area contributed by atoms with E-state index in [0.717, 1.165) is 0 Å².